The fraction of sp³-hybridized carbons (Fsp3) is 0.185. The maximum absolute atomic E-state index is 13.1. The van der Waals surface area contributed by atoms with E-state index in [0.717, 1.165) is 0 Å². The van der Waals surface area contributed by atoms with Gasteiger partial charge in [-0.25, -0.2) is 0 Å². The minimum atomic E-state index is -0.972. The van der Waals surface area contributed by atoms with Gasteiger partial charge in [0.05, 0.1) is 27.8 Å². The minimum absolute atomic E-state index is 0.0761. The van der Waals surface area contributed by atoms with E-state index in [4.69, 9.17) is 18.6 Å². The highest BCUT2D eigenvalue weighted by Crippen LogP contribution is 2.50. The van der Waals surface area contributed by atoms with Crippen molar-refractivity contribution in [1.29, 1.82) is 0 Å². The van der Waals surface area contributed by atoms with Crippen LogP contribution >= 0.6 is 0 Å². The average Bonchev–Trinajstić information content (AvgIpc) is 2.90. The Kier molecular flexibility index (Phi) is 6.73. The Hall–Kier alpha value is -4.66. The van der Waals surface area contributed by atoms with E-state index in [0.29, 0.717) is 22.6 Å². The Balaban J connectivity index is 2.08. The Morgan fingerprint density at radius 1 is 0.889 bits per heavy atom. The summed E-state index contributed by atoms with van der Waals surface area (Å²) in [6, 6.07) is 14.8. The summed E-state index contributed by atoms with van der Waals surface area (Å²) in [5, 5.41) is 31.7. The number of phenolic OH excluding ortho intramolecular Hbond substituents is 3. The van der Waals surface area contributed by atoms with Gasteiger partial charge in [0.2, 0.25) is 5.75 Å². The van der Waals surface area contributed by atoms with Crippen molar-refractivity contribution in [2.24, 2.45) is 0 Å². The van der Waals surface area contributed by atoms with Crippen molar-refractivity contribution in [3.8, 4) is 40.1 Å². The lowest BCUT2D eigenvalue weighted by Gasteiger charge is -2.22. The molecular formula is C27H24O9. The van der Waals surface area contributed by atoms with Crippen LogP contribution in [0.5, 0.6) is 28.7 Å². The first-order valence-corrected chi connectivity index (χ1v) is 10.9. The topological polar surface area (TPSA) is 136 Å². The molecule has 0 saturated carbocycles. The highest BCUT2D eigenvalue weighted by Gasteiger charge is 2.31. The number of phenols is 3. The molecule has 186 valence electrons. The number of ether oxygens (including phenoxy) is 3. The zero-order valence-electron chi connectivity index (χ0n) is 19.8. The fourth-order valence-electron chi connectivity index (χ4n) is 4.15. The zero-order valence-corrected chi connectivity index (χ0v) is 19.8. The fourth-order valence-corrected chi connectivity index (χ4v) is 4.15. The molecule has 0 bridgehead atoms. The molecule has 1 heterocycles. The van der Waals surface area contributed by atoms with E-state index in [1.165, 1.54) is 27.4 Å². The Bertz CT molecular complexity index is 1490. The number of benzene rings is 3. The van der Waals surface area contributed by atoms with Crippen LogP contribution < -0.4 is 14.9 Å². The quantitative estimate of drug-likeness (QED) is 0.255. The van der Waals surface area contributed by atoms with Crippen LogP contribution in [0.3, 0.4) is 0 Å². The van der Waals surface area contributed by atoms with Crippen molar-refractivity contribution in [2.75, 3.05) is 21.3 Å². The van der Waals surface area contributed by atoms with Gasteiger partial charge in [-0.1, -0.05) is 36.4 Å². The van der Waals surface area contributed by atoms with Crippen LogP contribution in [0.1, 0.15) is 23.5 Å². The third kappa shape index (κ3) is 4.26. The number of methoxy groups -OCH3 is 3. The molecule has 36 heavy (non-hydrogen) atoms. The van der Waals surface area contributed by atoms with Gasteiger partial charge in [-0.2, -0.15) is 0 Å². The number of fused-ring (bicyclic) bond motifs is 1. The Morgan fingerprint density at radius 3 is 2.22 bits per heavy atom. The lowest BCUT2D eigenvalue weighted by atomic mass is 9.86. The first-order valence-electron chi connectivity index (χ1n) is 10.9. The van der Waals surface area contributed by atoms with Crippen LogP contribution in [0.25, 0.3) is 22.3 Å². The molecule has 0 spiro atoms. The van der Waals surface area contributed by atoms with Gasteiger partial charge in [0, 0.05) is 23.1 Å². The van der Waals surface area contributed by atoms with E-state index in [1.807, 2.05) is 0 Å². The third-order valence-corrected chi connectivity index (χ3v) is 5.95. The van der Waals surface area contributed by atoms with Crippen LogP contribution in [0.4, 0.5) is 0 Å². The number of hydrogen-bond donors (Lipinski definition) is 3. The van der Waals surface area contributed by atoms with E-state index in [9.17, 15) is 24.9 Å². The number of carbonyl (C=O) groups excluding carboxylic acids is 1. The summed E-state index contributed by atoms with van der Waals surface area (Å²) in [6.45, 7) is 0. The van der Waals surface area contributed by atoms with Crippen molar-refractivity contribution < 1.29 is 38.7 Å². The summed E-state index contributed by atoms with van der Waals surface area (Å²) in [5.74, 6) is -3.13. The van der Waals surface area contributed by atoms with Crippen molar-refractivity contribution in [1.82, 2.24) is 0 Å². The van der Waals surface area contributed by atoms with Gasteiger partial charge in [0.25, 0.3) is 0 Å². The second kappa shape index (κ2) is 9.91. The summed E-state index contributed by atoms with van der Waals surface area (Å²) < 4.78 is 21.6. The lowest BCUT2D eigenvalue weighted by Crippen LogP contribution is -2.13. The maximum atomic E-state index is 13.1. The Labute approximate surface area is 205 Å². The first-order chi connectivity index (χ1) is 17.3. The van der Waals surface area contributed by atoms with E-state index in [1.54, 1.807) is 48.5 Å². The van der Waals surface area contributed by atoms with Crippen LogP contribution in [0, 0.1) is 0 Å². The molecule has 9 nitrogen and oxygen atoms in total. The molecule has 3 aromatic carbocycles. The average molecular weight is 492 g/mol. The molecule has 1 aromatic heterocycles. The molecule has 0 amide bonds. The smallest absolute Gasteiger partial charge is 0.306 e. The van der Waals surface area contributed by atoms with E-state index in [-0.39, 0.29) is 28.7 Å². The molecule has 0 radical (unpaired) electrons. The number of rotatable bonds is 7. The van der Waals surface area contributed by atoms with Gasteiger partial charge in [-0.15, -0.1) is 0 Å². The highest BCUT2D eigenvalue weighted by atomic mass is 16.5. The minimum Gasteiger partial charge on any atom is -0.504 e. The van der Waals surface area contributed by atoms with Crippen LogP contribution in [-0.4, -0.2) is 42.6 Å². The summed E-state index contributed by atoms with van der Waals surface area (Å²) in [7, 11) is 4.13. The van der Waals surface area contributed by atoms with Gasteiger partial charge in [-0.3, -0.25) is 9.59 Å². The molecule has 0 aliphatic rings. The molecule has 1 unspecified atom stereocenters. The molecule has 9 heteroatoms. The monoisotopic (exact) mass is 492 g/mol. The molecule has 4 rings (SSSR count). The maximum Gasteiger partial charge on any atom is 0.306 e. The van der Waals surface area contributed by atoms with Crippen LogP contribution in [0.2, 0.25) is 0 Å². The number of aromatic hydroxyl groups is 3. The van der Waals surface area contributed by atoms with Gasteiger partial charge >= 0.3 is 5.97 Å². The molecule has 0 fully saturated rings. The molecule has 3 N–H and O–H groups in total. The molecule has 1 atom stereocenters. The predicted octanol–water partition coefficient (Wildman–Crippen LogP) is 4.29. The summed E-state index contributed by atoms with van der Waals surface area (Å²) in [5.41, 5.74) is 0.136. The standard InChI is InChI=1S/C27H24O9/c1-33-18-10-9-15(11-20(18)34-2)16(12-21(29)35-3)22-24(30)26(32)25(31)23-17(28)13-19(36-27(22)23)14-7-5-4-6-8-14/h4-11,13,16,30-32H,12H2,1-3H3. The second-order valence-electron chi connectivity index (χ2n) is 7.95. The summed E-state index contributed by atoms with van der Waals surface area (Å²) in [4.78, 5) is 25.5. The van der Waals surface area contributed by atoms with E-state index < -0.39 is 34.6 Å². The SMILES string of the molecule is COC(=O)CC(c1ccc(OC)c(OC)c1)c1c(O)c(O)c(O)c2c(=O)cc(-c3ccccc3)oc12. The van der Waals surface area contributed by atoms with Gasteiger partial charge in [-0.05, 0) is 17.7 Å². The van der Waals surface area contributed by atoms with Crippen molar-refractivity contribution in [3.63, 3.8) is 0 Å². The number of esters is 1. The van der Waals surface area contributed by atoms with E-state index in [2.05, 4.69) is 0 Å². The van der Waals surface area contributed by atoms with E-state index >= 15 is 0 Å². The third-order valence-electron chi connectivity index (χ3n) is 5.95. The van der Waals surface area contributed by atoms with Crippen molar-refractivity contribution in [2.45, 2.75) is 12.3 Å². The normalized spacial score (nSPS) is 11.8. The Morgan fingerprint density at radius 2 is 1.58 bits per heavy atom. The lowest BCUT2D eigenvalue weighted by molar-refractivity contribution is -0.140. The first kappa shape index (κ1) is 24.5. The second-order valence-corrected chi connectivity index (χ2v) is 7.95. The van der Waals surface area contributed by atoms with Crippen LogP contribution in [-0.2, 0) is 9.53 Å². The van der Waals surface area contributed by atoms with Gasteiger partial charge in [0.1, 0.15) is 16.7 Å². The summed E-state index contributed by atoms with van der Waals surface area (Å²) >= 11 is 0. The van der Waals surface area contributed by atoms with Crippen LogP contribution in [0.15, 0.2) is 63.8 Å². The molecule has 0 saturated heterocycles. The molecule has 4 aromatic rings. The molecule has 0 aliphatic heterocycles. The summed E-state index contributed by atoms with van der Waals surface area (Å²) in [6.07, 6.45) is -0.294. The largest absolute Gasteiger partial charge is 0.504 e. The van der Waals surface area contributed by atoms with Crippen molar-refractivity contribution >= 4 is 16.9 Å². The number of carbonyl (C=O) groups is 1. The van der Waals surface area contributed by atoms with Gasteiger partial charge < -0.3 is 33.9 Å². The molecule has 0 aliphatic carbocycles. The van der Waals surface area contributed by atoms with Gasteiger partial charge in [0.15, 0.2) is 28.4 Å². The van der Waals surface area contributed by atoms with Crippen molar-refractivity contribution in [3.05, 3.63) is 75.9 Å². The highest BCUT2D eigenvalue weighted by molar-refractivity contribution is 5.93. The number of hydrogen-bond acceptors (Lipinski definition) is 9. The molecular weight excluding hydrogens is 468 g/mol. The predicted molar refractivity (Wildman–Crippen MR) is 131 cm³/mol. The zero-order chi connectivity index (χ0) is 26.0.